The average molecular weight is 569 g/mol. The van der Waals surface area contributed by atoms with Gasteiger partial charge in [0.1, 0.15) is 30.5 Å². The Kier molecular flexibility index (Phi) is 9.71. The van der Waals surface area contributed by atoms with Crippen LogP contribution in [0.5, 0.6) is 5.75 Å². The molecule has 2 aromatic carbocycles. The van der Waals surface area contributed by atoms with E-state index < -0.39 is 6.04 Å². The number of aromatic nitrogens is 6. The van der Waals surface area contributed by atoms with E-state index in [1.807, 2.05) is 83.6 Å². The zero-order chi connectivity index (χ0) is 29.1. The van der Waals surface area contributed by atoms with Crippen LogP contribution in [0.25, 0.3) is 17.5 Å². The second-order valence-corrected chi connectivity index (χ2v) is 10.2. The predicted octanol–water partition coefficient (Wildman–Crippen LogP) is 3.73. The van der Waals surface area contributed by atoms with Crippen LogP contribution in [0.15, 0.2) is 79.4 Å². The predicted molar refractivity (Wildman–Crippen MR) is 158 cm³/mol. The van der Waals surface area contributed by atoms with Crippen molar-refractivity contribution in [3.05, 3.63) is 85.0 Å². The molecule has 11 heteroatoms. The van der Waals surface area contributed by atoms with Crippen molar-refractivity contribution in [1.82, 2.24) is 39.6 Å². The fourth-order valence-corrected chi connectivity index (χ4v) is 5.01. The van der Waals surface area contributed by atoms with E-state index in [2.05, 4.69) is 25.1 Å². The number of rotatable bonds is 4. The topological polar surface area (TPSA) is 111 Å². The van der Waals surface area contributed by atoms with Crippen LogP contribution in [0, 0.1) is 0 Å². The molecule has 218 valence electrons. The summed E-state index contributed by atoms with van der Waals surface area (Å²) >= 11 is 0. The van der Waals surface area contributed by atoms with E-state index in [1.54, 1.807) is 12.3 Å². The number of ether oxygens (including phenoxy) is 1. The average Bonchev–Trinajstić information content (AvgIpc) is 3.73. The summed E-state index contributed by atoms with van der Waals surface area (Å²) in [5.74, 6) is 1.46. The molecule has 0 aliphatic carbocycles. The van der Waals surface area contributed by atoms with E-state index in [-0.39, 0.29) is 11.8 Å². The van der Waals surface area contributed by atoms with Gasteiger partial charge in [0.25, 0.3) is 0 Å². The normalized spacial score (nSPS) is 15.9. The molecular formula is C31H36N8O3. The van der Waals surface area contributed by atoms with Gasteiger partial charge < -0.3 is 19.1 Å². The fraction of sp³-hybridized carbons (Fsp3) is 0.355. The molecule has 0 unspecified atom stereocenters. The minimum absolute atomic E-state index is 0.0362. The number of hydrogen-bond acceptors (Lipinski definition) is 7. The maximum absolute atomic E-state index is 13.5. The van der Waals surface area contributed by atoms with Gasteiger partial charge in [-0.15, -0.1) is 5.10 Å². The molecule has 0 spiro atoms. The van der Waals surface area contributed by atoms with Crippen molar-refractivity contribution < 1.29 is 14.3 Å². The second-order valence-electron chi connectivity index (χ2n) is 10.2. The molecule has 11 nitrogen and oxygen atoms in total. The van der Waals surface area contributed by atoms with Gasteiger partial charge in [-0.3, -0.25) is 9.59 Å². The molecule has 5 rings (SSSR count). The number of carbonyl (C=O) groups excluding carboxylic acids is 2. The summed E-state index contributed by atoms with van der Waals surface area (Å²) < 4.78 is 9.67. The molecule has 2 amide bonds. The van der Waals surface area contributed by atoms with E-state index in [9.17, 15) is 9.59 Å². The molecular weight excluding hydrogens is 532 g/mol. The first-order chi connectivity index (χ1) is 20.6. The lowest BCUT2D eigenvalue weighted by atomic mass is 10.2. The summed E-state index contributed by atoms with van der Waals surface area (Å²) in [6, 6.07) is 17.1. The van der Waals surface area contributed by atoms with Crippen LogP contribution >= 0.6 is 0 Å². The van der Waals surface area contributed by atoms with Gasteiger partial charge in [0.15, 0.2) is 0 Å². The first kappa shape index (κ1) is 28.7. The van der Waals surface area contributed by atoms with Crippen molar-refractivity contribution >= 4 is 17.9 Å². The number of tetrazole rings is 1. The number of fused-ring (bicyclic) bond motifs is 4. The van der Waals surface area contributed by atoms with Crippen molar-refractivity contribution in [3.8, 4) is 17.1 Å². The highest BCUT2D eigenvalue weighted by atomic mass is 16.5. The third kappa shape index (κ3) is 7.48. The molecule has 2 aromatic heterocycles. The highest BCUT2D eigenvalue weighted by molar-refractivity contribution is 5.91. The molecule has 0 fully saturated rings. The second kappa shape index (κ2) is 14.2. The molecule has 0 N–H and O–H groups in total. The zero-order valence-electron chi connectivity index (χ0n) is 23.8. The van der Waals surface area contributed by atoms with E-state index in [0.717, 1.165) is 42.0 Å². The fourth-order valence-electron chi connectivity index (χ4n) is 5.01. The Balaban J connectivity index is 1.35. The van der Waals surface area contributed by atoms with Crippen molar-refractivity contribution in [3.63, 3.8) is 0 Å². The van der Waals surface area contributed by atoms with Gasteiger partial charge >= 0.3 is 0 Å². The Labute approximate surface area is 245 Å². The van der Waals surface area contributed by atoms with Gasteiger partial charge in [-0.25, -0.2) is 9.67 Å². The van der Waals surface area contributed by atoms with Crippen LogP contribution < -0.4 is 4.74 Å². The number of nitrogens with zero attached hydrogens (tertiary/aromatic N) is 8. The SMILES string of the molecule is C[C@@H](C(=O)N1CCCCN(C(=O)C=Cc2ccccc2)CCOc2cccc(c2)-c2nccn2CCC1)n1cnnn1. The number of carbonyl (C=O) groups is 2. The summed E-state index contributed by atoms with van der Waals surface area (Å²) in [7, 11) is 0. The van der Waals surface area contributed by atoms with Crippen LogP contribution in [-0.4, -0.2) is 84.2 Å². The Morgan fingerprint density at radius 3 is 2.55 bits per heavy atom. The maximum atomic E-state index is 13.5. The number of benzene rings is 2. The van der Waals surface area contributed by atoms with Crippen LogP contribution in [0.1, 0.15) is 37.8 Å². The van der Waals surface area contributed by atoms with Crippen LogP contribution in [-0.2, 0) is 16.1 Å². The zero-order valence-corrected chi connectivity index (χ0v) is 23.8. The summed E-state index contributed by atoms with van der Waals surface area (Å²) in [6.45, 7) is 5.02. The maximum Gasteiger partial charge on any atom is 0.247 e. The third-order valence-electron chi connectivity index (χ3n) is 7.33. The molecule has 3 heterocycles. The van der Waals surface area contributed by atoms with Gasteiger partial charge in [0, 0.05) is 50.2 Å². The van der Waals surface area contributed by atoms with Crippen molar-refractivity contribution in [2.24, 2.45) is 0 Å². The lowest BCUT2D eigenvalue weighted by molar-refractivity contribution is -0.135. The number of aryl methyl sites for hydroxylation is 1. The largest absolute Gasteiger partial charge is 0.492 e. The molecule has 1 aliphatic rings. The van der Waals surface area contributed by atoms with Crippen molar-refractivity contribution in [2.45, 2.75) is 38.8 Å². The molecule has 4 aromatic rings. The highest BCUT2D eigenvalue weighted by Gasteiger charge is 2.23. The summed E-state index contributed by atoms with van der Waals surface area (Å²) in [5.41, 5.74) is 1.91. The Morgan fingerprint density at radius 1 is 0.929 bits per heavy atom. The minimum atomic E-state index is -0.515. The molecule has 42 heavy (non-hydrogen) atoms. The summed E-state index contributed by atoms with van der Waals surface area (Å²) in [6.07, 6.45) is 10.9. The van der Waals surface area contributed by atoms with E-state index in [0.29, 0.717) is 39.3 Å². The van der Waals surface area contributed by atoms with Gasteiger partial charge in [-0.1, -0.05) is 42.5 Å². The quantitative estimate of drug-likeness (QED) is 0.345. The van der Waals surface area contributed by atoms with Gasteiger partial charge in [-0.05, 0) is 60.4 Å². The Morgan fingerprint density at radius 2 is 1.74 bits per heavy atom. The molecule has 0 saturated heterocycles. The first-order valence-corrected chi connectivity index (χ1v) is 14.4. The van der Waals surface area contributed by atoms with Gasteiger partial charge in [0.05, 0.1) is 6.54 Å². The molecule has 2 bridgehead atoms. The lowest BCUT2D eigenvalue weighted by Gasteiger charge is -2.27. The highest BCUT2D eigenvalue weighted by Crippen LogP contribution is 2.23. The number of amides is 2. The first-order valence-electron chi connectivity index (χ1n) is 14.4. The van der Waals surface area contributed by atoms with Gasteiger partial charge in [0.2, 0.25) is 11.8 Å². The van der Waals surface area contributed by atoms with Crippen LogP contribution in [0.2, 0.25) is 0 Å². The van der Waals surface area contributed by atoms with E-state index >= 15 is 0 Å². The molecule has 1 aliphatic heterocycles. The Hall–Kier alpha value is -4.80. The van der Waals surface area contributed by atoms with E-state index in [4.69, 9.17) is 4.74 Å². The number of imidazole rings is 1. The third-order valence-corrected chi connectivity index (χ3v) is 7.33. The number of hydrogen-bond donors (Lipinski definition) is 0. The van der Waals surface area contributed by atoms with Crippen LogP contribution in [0.4, 0.5) is 0 Å². The van der Waals surface area contributed by atoms with E-state index in [1.165, 1.54) is 11.0 Å². The van der Waals surface area contributed by atoms with Crippen molar-refractivity contribution in [2.75, 3.05) is 32.8 Å². The van der Waals surface area contributed by atoms with Crippen molar-refractivity contribution in [1.29, 1.82) is 0 Å². The Bertz CT molecular complexity index is 1470. The summed E-state index contributed by atoms with van der Waals surface area (Å²) in [5, 5.41) is 11.3. The minimum Gasteiger partial charge on any atom is -0.492 e. The van der Waals surface area contributed by atoms with Crippen LogP contribution in [0.3, 0.4) is 0 Å². The lowest BCUT2D eigenvalue weighted by Crippen LogP contribution is -2.39. The molecule has 1 atom stereocenters. The monoisotopic (exact) mass is 568 g/mol. The van der Waals surface area contributed by atoms with Gasteiger partial charge in [-0.2, -0.15) is 0 Å². The molecule has 0 radical (unpaired) electrons. The summed E-state index contributed by atoms with van der Waals surface area (Å²) in [4.78, 5) is 35.0. The standard InChI is InChI=1S/C31H36N8O3/c1-25(39-24-33-34-35-39)31(41)38-17-6-5-16-36(29(40)14-13-26-9-3-2-4-10-26)21-22-42-28-12-7-11-27(23-28)30-32-15-20-37(30)18-8-19-38/h2-4,7,9-15,20,23-25H,5-6,8,16-19,21-22H2,1H3/t25-/m0/s1. The smallest absolute Gasteiger partial charge is 0.247 e. The molecule has 0 saturated carbocycles.